The third-order valence-corrected chi connectivity index (χ3v) is 9.69. The third kappa shape index (κ3) is 7.19. The number of unbranched alkanes of at least 4 members (excludes halogenated alkanes) is 2. The van der Waals surface area contributed by atoms with E-state index in [0.29, 0.717) is 0 Å². The van der Waals surface area contributed by atoms with Crippen molar-refractivity contribution >= 4 is 7.26 Å². The molecule has 3 aromatic rings. The van der Waals surface area contributed by atoms with Crippen molar-refractivity contribution in [3.05, 3.63) is 108 Å². The Morgan fingerprint density at radius 2 is 0.893 bits per heavy atom. The summed E-state index contributed by atoms with van der Waals surface area (Å²) in [6.07, 6.45) is 9.14. The van der Waals surface area contributed by atoms with Crippen molar-refractivity contribution in [1.29, 1.82) is 0 Å². The first-order valence-electron chi connectivity index (χ1n) is 10.3. The summed E-state index contributed by atoms with van der Waals surface area (Å²) in [5, 5.41) is 0. The maximum Gasteiger partial charge on any atom is 0.0849 e. The normalized spacial score (nSPS) is 11.0. The van der Waals surface area contributed by atoms with E-state index in [4.69, 9.17) is 0 Å². The Kier molecular flexibility index (Phi) is 9.96. The van der Waals surface area contributed by atoms with Crippen LogP contribution in [0.4, 0.5) is 0 Å². The second-order valence-electron chi connectivity index (χ2n) is 7.70. The Hall–Kier alpha value is -1.43. The fourth-order valence-electron chi connectivity index (χ4n) is 4.01. The smallest absolute Gasteiger partial charge is 0.0849 e. The first-order valence-corrected chi connectivity index (χ1v) is 12.8. The van der Waals surface area contributed by atoms with Crippen molar-refractivity contribution in [2.75, 3.05) is 6.16 Å². The molecule has 0 spiro atoms. The topological polar surface area (TPSA) is 0 Å². The summed E-state index contributed by atoms with van der Waals surface area (Å²) in [4.78, 5) is 0. The molecule has 0 bridgehead atoms. The lowest BCUT2D eigenvalue weighted by molar-refractivity contribution is -0.00000574. The summed E-state index contributed by atoms with van der Waals surface area (Å²) < 4.78 is 0. The minimum absolute atomic E-state index is 0. The highest BCUT2D eigenvalue weighted by molar-refractivity contribution is 7.73. The molecule has 2 heteroatoms. The van der Waals surface area contributed by atoms with Gasteiger partial charge in [-0.25, -0.2) is 0 Å². The highest BCUT2D eigenvalue weighted by atomic mass is 79.9. The SMILES string of the molecule is CCCCC[P+](Cc1ccccc1)(Cc1ccccc1)Cc1ccccc1.[Br-]. The van der Waals surface area contributed by atoms with Crippen LogP contribution in [0.2, 0.25) is 0 Å². The molecule has 0 radical (unpaired) electrons. The molecule has 3 rings (SSSR count). The monoisotopic (exact) mass is 454 g/mol. The van der Waals surface area contributed by atoms with Crippen LogP contribution in [0, 0.1) is 0 Å². The van der Waals surface area contributed by atoms with Gasteiger partial charge in [-0.2, -0.15) is 0 Å². The van der Waals surface area contributed by atoms with Crippen LogP contribution in [-0.2, 0) is 18.5 Å². The zero-order chi connectivity index (χ0) is 18.8. The van der Waals surface area contributed by atoms with E-state index in [0.717, 1.165) is 0 Å². The van der Waals surface area contributed by atoms with E-state index >= 15 is 0 Å². The molecule has 0 atom stereocenters. The van der Waals surface area contributed by atoms with Gasteiger partial charge in [0.05, 0.1) is 24.6 Å². The zero-order valence-electron chi connectivity index (χ0n) is 16.9. The van der Waals surface area contributed by atoms with Gasteiger partial charge in [-0.15, -0.1) is 0 Å². The highest BCUT2D eigenvalue weighted by Crippen LogP contribution is 2.67. The largest absolute Gasteiger partial charge is 1.00 e. The van der Waals surface area contributed by atoms with Crippen molar-refractivity contribution in [2.45, 2.75) is 44.7 Å². The molecule has 28 heavy (non-hydrogen) atoms. The molecule has 0 aromatic heterocycles. The maximum absolute atomic E-state index is 2.32. The van der Waals surface area contributed by atoms with Crippen LogP contribution in [0.25, 0.3) is 0 Å². The molecule has 148 valence electrons. The average Bonchev–Trinajstić information content (AvgIpc) is 2.70. The lowest BCUT2D eigenvalue weighted by Gasteiger charge is -2.28. The standard InChI is InChI=1S/C26H32P.BrH/c1-2-3-13-20-27(21-24-14-7-4-8-15-24,22-25-16-9-5-10-17-25)23-26-18-11-6-12-19-26;/h4-12,14-19H,2-3,13,20-23H2,1H3;1H/q+1;/p-1. The Balaban J connectivity index is 0.00000280. The van der Waals surface area contributed by atoms with Gasteiger partial charge in [0.2, 0.25) is 0 Å². The van der Waals surface area contributed by atoms with Crippen molar-refractivity contribution in [1.82, 2.24) is 0 Å². The molecule has 0 heterocycles. The van der Waals surface area contributed by atoms with E-state index in [2.05, 4.69) is 97.9 Å². The number of halogens is 1. The van der Waals surface area contributed by atoms with Gasteiger partial charge in [-0.1, -0.05) is 111 Å². The molecule has 0 aliphatic rings. The fraction of sp³-hybridized carbons (Fsp3) is 0.308. The lowest BCUT2D eigenvalue weighted by Crippen LogP contribution is -3.00. The summed E-state index contributed by atoms with van der Waals surface area (Å²) in [7, 11) is -1.19. The predicted molar refractivity (Wildman–Crippen MR) is 122 cm³/mol. The van der Waals surface area contributed by atoms with Gasteiger partial charge in [-0.3, -0.25) is 0 Å². The van der Waals surface area contributed by atoms with Crippen LogP contribution in [0.1, 0.15) is 42.9 Å². The summed E-state index contributed by atoms with van der Waals surface area (Å²) in [6, 6.07) is 33.5. The average molecular weight is 455 g/mol. The van der Waals surface area contributed by atoms with E-state index in [1.807, 2.05) is 0 Å². The van der Waals surface area contributed by atoms with E-state index in [1.54, 1.807) is 0 Å². The molecule has 0 aliphatic heterocycles. The zero-order valence-corrected chi connectivity index (χ0v) is 19.4. The molecule has 0 N–H and O–H groups in total. The Bertz CT molecular complexity index is 670. The number of rotatable bonds is 10. The summed E-state index contributed by atoms with van der Waals surface area (Å²) in [5.41, 5.74) is 4.53. The van der Waals surface area contributed by atoms with Gasteiger partial charge in [0.15, 0.2) is 0 Å². The summed E-state index contributed by atoms with van der Waals surface area (Å²) in [6.45, 7) is 2.31. The molecule has 3 aromatic carbocycles. The quantitative estimate of drug-likeness (QED) is 0.305. The molecular formula is C26H32BrP. The van der Waals surface area contributed by atoms with Gasteiger partial charge >= 0.3 is 0 Å². The van der Waals surface area contributed by atoms with Crippen molar-refractivity contribution in [3.8, 4) is 0 Å². The minimum Gasteiger partial charge on any atom is -1.00 e. The fourth-order valence-corrected chi connectivity index (χ4v) is 8.67. The van der Waals surface area contributed by atoms with E-state index in [-0.39, 0.29) is 17.0 Å². The molecular weight excluding hydrogens is 423 g/mol. The van der Waals surface area contributed by atoms with Crippen molar-refractivity contribution in [3.63, 3.8) is 0 Å². The van der Waals surface area contributed by atoms with E-state index in [1.165, 1.54) is 60.6 Å². The first-order chi connectivity index (χ1) is 13.3. The Morgan fingerprint density at radius 1 is 0.536 bits per heavy atom. The molecule has 0 amide bonds. The Labute approximate surface area is 182 Å². The van der Waals surface area contributed by atoms with Crippen molar-refractivity contribution < 1.29 is 17.0 Å². The molecule has 0 unspecified atom stereocenters. The van der Waals surface area contributed by atoms with Crippen molar-refractivity contribution in [2.24, 2.45) is 0 Å². The van der Waals surface area contributed by atoms with Crippen LogP contribution < -0.4 is 17.0 Å². The molecule has 0 saturated heterocycles. The van der Waals surface area contributed by atoms with Crippen LogP contribution in [0.5, 0.6) is 0 Å². The first kappa shape index (κ1) is 22.9. The van der Waals surface area contributed by atoms with Crippen LogP contribution in [0.3, 0.4) is 0 Å². The second-order valence-corrected chi connectivity index (χ2v) is 11.8. The number of benzene rings is 3. The van der Waals surface area contributed by atoms with Gasteiger partial charge in [0.25, 0.3) is 0 Å². The van der Waals surface area contributed by atoms with Gasteiger partial charge in [-0.05, 0) is 23.1 Å². The number of hydrogen-bond acceptors (Lipinski definition) is 0. The minimum atomic E-state index is -1.19. The summed E-state index contributed by atoms with van der Waals surface area (Å²) in [5.74, 6) is 0. The second kappa shape index (κ2) is 12.2. The van der Waals surface area contributed by atoms with E-state index in [9.17, 15) is 0 Å². The van der Waals surface area contributed by atoms with Crippen LogP contribution >= 0.6 is 7.26 Å². The third-order valence-electron chi connectivity index (χ3n) is 5.32. The molecule has 0 saturated carbocycles. The predicted octanol–water partition coefficient (Wildman–Crippen LogP) is 4.80. The van der Waals surface area contributed by atoms with Gasteiger partial charge in [0, 0.05) is 7.26 Å². The van der Waals surface area contributed by atoms with E-state index < -0.39 is 7.26 Å². The summed E-state index contributed by atoms with van der Waals surface area (Å²) >= 11 is 0. The molecule has 0 nitrogen and oxygen atoms in total. The van der Waals surface area contributed by atoms with Gasteiger partial charge < -0.3 is 17.0 Å². The van der Waals surface area contributed by atoms with Gasteiger partial charge in [0.1, 0.15) is 0 Å². The molecule has 0 aliphatic carbocycles. The highest BCUT2D eigenvalue weighted by Gasteiger charge is 2.37. The van der Waals surface area contributed by atoms with Crippen LogP contribution in [-0.4, -0.2) is 6.16 Å². The van der Waals surface area contributed by atoms with Crippen LogP contribution in [0.15, 0.2) is 91.0 Å². The Morgan fingerprint density at radius 3 is 1.21 bits per heavy atom. The number of hydrogen-bond donors (Lipinski definition) is 0. The maximum atomic E-state index is 2.32. The lowest BCUT2D eigenvalue weighted by atomic mass is 10.2. The molecule has 0 fully saturated rings.